The fourth-order valence-corrected chi connectivity index (χ4v) is 5.05. The van der Waals surface area contributed by atoms with Crippen molar-refractivity contribution in [1.82, 2.24) is 0 Å². The molecule has 0 bridgehead atoms. The van der Waals surface area contributed by atoms with Crippen molar-refractivity contribution in [2.75, 3.05) is 16.8 Å². The van der Waals surface area contributed by atoms with E-state index in [0.717, 1.165) is 0 Å². The molecule has 0 saturated heterocycles. The van der Waals surface area contributed by atoms with Gasteiger partial charge in [-0.15, -0.1) is 0 Å². The number of nitrogens with zero attached hydrogens (tertiary/aromatic N) is 1. The predicted molar refractivity (Wildman–Crippen MR) is 151 cm³/mol. The van der Waals surface area contributed by atoms with E-state index in [1.165, 1.54) is 41.3 Å². The van der Waals surface area contributed by atoms with E-state index in [4.69, 9.17) is 11.6 Å². The topological polar surface area (TPSA) is 107 Å². The average Bonchev–Trinajstić information content (AvgIpc) is 3.11. The van der Waals surface area contributed by atoms with Crippen molar-refractivity contribution in [3.63, 3.8) is 0 Å². The largest absolute Gasteiger partial charge is 0.478 e. The molecule has 0 saturated carbocycles. The van der Waals surface area contributed by atoms with Gasteiger partial charge in [-0.1, -0.05) is 41.9 Å². The van der Waals surface area contributed by atoms with Crippen LogP contribution in [0.3, 0.4) is 0 Å². The normalized spacial score (nSPS) is 14.7. The van der Waals surface area contributed by atoms with E-state index < -0.39 is 29.7 Å². The number of carbonyl (C=O) groups excluding carboxylic acids is 2. The van der Waals surface area contributed by atoms with Crippen LogP contribution in [0.5, 0.6) is 0 Å². The number of aliphatic hydroxyl groups excluding tert-OH is 1. The Hall–Kier alpha value is -4.53. The molecule has 2 amide bonds. The third-order valence-electron chi connectivity index (χ3n) is 6.79. The number of carbonyl (C=O) groups is 3. The van der Waals surface area contributed by atoms with Gasteiger partial charge in [0, 0.05) is 34.1 Å². The second-order valence-corrected chi connectivity index (χ2v) is 9.83. The summed E-state index contributed by atoms with van der Waals surface area (Å²) in [5.41, 5.74) is 1.95. The van der Waals surface area contributed by atoms with Crippen molar-refractivity contribution < 1.29 is 29.0 Å². The molecule has 9 heteroatoms. The summed E-state index contributed by atoms with van der Waals surface area (Å²) in [5.74, 6) is -2.98. The van der Waals surface area contributed by atoms with E-state index in [9.17, 15) is 29.0 Å². The summed E-state index contributed by atoms with van der Waals surface area (Å²) < 4.78 is 14.0. The maximum absolute atomic E-state index is 14.0. The van der Waals surface area contributed by atoms with Crippen LogP contribution < -0.4 is 10.2 Å². The molecule has 7 nitrogen and oxygen atoms in total. The van der Waals surface area contributed by atoms with Crippen LogP contribution in [0.4, 0.5) is 15.8 Å². The highest BCUT2D eigenvalue weighted by atomic mass is 35.5. The van der Waals surface area contributed by atoms with Gasteiger partial charge in [-0.2, -0.15) is 0 Å². The van der Waals surface area contributed by atoms with Crippen molar-refractivity contribution >= 4 is 40.8 Å². The monoisotopic (exact) mass is 558 g/mol. The molecule has 1 aliphatic rings. The minimum atomic E-state index is -1.35. The van der Waals surface area contributed by atoms with Crippen LogP contribution in [-0.2, 0) is 0 Å². The smallest absolute Gasteiger partial charge is 0.336 e. The second kappa shape index (κ2) is 11.3. The molecule has 1 heterocycles. The predicted octanol–water partition coefficient (Wildman–Crippen LogP) is 6.57. The number of hydrogen-bond donors (Lipinski definition) is 3. The van der Waals surface area contributed by atoms with Crippen LogP contribution in [0.15, 0.2) is 84.9 Å². The summed E-state index contributed by atoms with van der Waals surface area (Å²) in [6, 6.07) is 21.5. The van der Waals surface area contributed by atoms with E-state index in [2.05, 4.69) is 5.32 Å². The van der Waals surface area contributed by atoms with Crippen LogP contribution in [0.25, 0.3) is 11.1 Å². The third kappa shape index (κ3) is 5.45. The molecule has 0 spiro atoms. The molecule has 5 rings (SSSR count). The highest BCUT2D eigenvalue weighted by Gasteiger charge is 2.29. The average molecular weight is 559 g/mol. The summed E-state index contributed by atoms with van der Waals surface area (Å²) in [4.78, 5) is 40.5. The molecule has 3 N–H and O–H groups in total. The zero-order valence-electron chi connectivity index (χ0n) is 21.1. The molecule has 4 aromatic rings. The van der Waals surface area contributed by atoms with Crippen LogP contribution in [0.1, 0.15) is 55.6 Å². The van der Waals surface area contributed by atoms with E-state index in [0.29, 0.717) is 40.2 Å². The summed E-state index contributed by atoms with van der Waals surface area (Å²) in [7, 11) is 0. The van der Waals surface area contributed by atoms with Crippen molar-refractivity contribution in [3.8, 4) is 11.1 Å². The second-order valence-electron chi connectivity index (χ2n) is 9.39. The van der Waals surface area contributed by atoms with Gasteiger partial charge in [-0.3, -0.25) is 9.59 Å². The van der Waals surface area contributed by atoms with Gasteiger partial charge in [0.2, 0.25) is 0 Å². The Morgan fingerprint density at radius 3 is 2.40 bits per heavy atom. The molecule has 0 aliphatic carbocycles. The Morgan fingerprint density at radius 1 is 0.900 bits per heavy atom. The first kappa shape index (κ1) is 27.1. The quantitative estimate of drug-likeness (QED) is 0.257. The maximum Gasteiger partial charge on any atom is 0.336 e. The van der Waals surface area contributed by atoms with Crippen molar-refractivity contribution in [3.05, 3.63) is 118 Å². The number of anilines is 2. The SMILES string of the molecule is O=C(O)c1cc(NC(=O)c2ccc(F)cc2-c2ccccc2)ccc1C(=O)N1CCCC(O)c2cc(Cl)ccc21. The molecule has 0 aromatic heterocycles. The van der Waals surface area contributed by atoms with Gasteiger partial charge >= 0.3 is 5.97 Å². The van der Waals surface area contributed by atoms with Crippen LogP contribution in [-0.4, -0.2) is 34.5 Å². The summed E-state index contributed by atoms with van der Waals surface area (Å²) in [5, 5.41) is 23.6. The number of aliphatic hydroxyl groups is 1. The van der Waals surface area contributed by atoms with E-state index >= 15 is 0 Å². The highest BCUT2D eigenvalue weighted by molar-refractivity contribution is 6.30. The van der Waals surface area contributed by atoms with Gasteiger partial charge in [0.05, 0.1) is 17.2 Å². The first-order valence-corrected chi connectivity index (χ1v) is 12.9. The number of fused-ring (bicyclic) bond motifs is 1. The summed E-state index contributed by atoms with van der Waals surface area (Å²) >= 11 is 6.12. The number of rotatable bonds is 5. The van der Waals surface area contributed by atoms with Gasteiger partial charge in [0.15, 0.2) is 0 Å². The number of halogens is 2. The molecule has 4 aromatic carbocycles. The Balaban J connectivity index is 1.47. The van der Waals surface area contributed by atoms with Crippen LogP contribution in [0, 0.1) is 5.82 Å². The fourth-order valence-electron chi connectivity index (χ4n) is 4.87. The lowest BCUT2D eigenvalue weighted by atomic mass is 9.98. The Kier molecular flexibility index (Phi) is 7.64. The molecule has 202 valence electrons. The molecule has 1 atom stereocenters. The van der Waals surface area contributed by atoms with Crippen molar-refractivity contribution in [2.24, 2.45) is 0 Å². The zero-order chi connectivity index (χ0) is 28.4. The lowest BCUT2D eigenvalue weighted by Crippen LogP contribution is -2.33. The number of carboxylic acid groups (broad SMARTS) is 1. The first-order valence-electron chi connectivity index (χ1n) is 12.6. The lowest BCUT2D eigenvalue weighted by Gasteiger charge is -2.24. The minimum absolute atomic E-state index is 0.0745. The van der Waals surface area contributed by atoms with Gasteiger partial charge in [0.25, 0.3) is 11.8 Å². The van der Waals surface area contributed by atoms with Crippen molar-refractivity contribution in [2.45, 2.75) is 18.9 Å². The molecule has 40 heavy (non-hydrogen) atoms. The highest BCUT2D eigenvalue weighted by Crippen LogP contribution is 2.36. The standard InChI is InChI=1S/C31H24ClFN2O5/c32-19-8-13-27-26(15-19)28(36)7-4-14-35(27)30(38)23-12-10-21(17-25(23)31(39)40)34-29(37)22-11-9-20(33)16-24(22)18-5-2-1-3-6-18/h1-3,5-6,8-13,15-17,28,36H,4,7,14H2,(H,34,37)(H,39,40). The Morgan fingerprint density at radius 2 is 1.65 bits per heavy atom. The van der Waals surface area contributed by atoms with Gasteiger partial charge in [-0.05, 0) is 78.6 Å². The Bertz CT molecular complexity index is 1630. The van der Waals surface area contributed by atoms with Gasteiger partial charge in [0.1, 0.15) is 5.82 Å². The first-order chi connectivity index (χ1) is 19.2. The van der Waals surface area contributed by atoms with Crippen LogP contribution >= 0.6 is 11.6 Å². The number of hydrogen-bond acceptors (Lipinski definition) is 4. The molecule has 0 radical (unpaired) electrons. The molecular formula is C31H24ClFN2O5. The van der Waals surface area contributed by atoms with Crippen LogP contribution in [0.2, 0.25) is 5.02 Å². The van der Waals surface area contributed by atoms with E-state index in [1.807, 2.05) is 0 Å². The maximum atomic E-state index is 14.0. The summed E-state index contributed by atoms with van der Waals surface area (Å²) in [6.07, 6.45) is 0.106. The minimum Gasteiger partial charge on any atom is -0.478 e. The summed E-state index contributed by atoms with van der Waals surface area (Å²) in [6.45, 7) is 0.273. The molecule has 1 unspecified atom stereocenters. The third-order valence-corrected chi connectivity index (χ3v) is 7.03. The lowest BCUT2D eigenvalue weighted by molar-refractivity contribution is 0.0691. The van der Waals surface area contributed by atoms with E-state index in [1.54, 1.807) is 48.5 Å². The fraction of sp³-hybridized carbons (Fsp3) is 0.129. The number of carboxylic acids is 1. The number of amides is 2. The number of aromatic carboxylic acids is 1. The Labute approximate surface area is 234 Å². The molecular weight excluding hydrogens is 535 g/mol. The number of benzene rings is 4. The zero-order valence-corrected chi connectivity index (χ0v) is 21.9. The molecule has 0 fully saturated rings. The van der Waals surface area contributed by atoms with E-state index in [-0.39, 0.29) is 28.9 Å². The van der Waals surface area contributed by atoms with Crippen molar-refractivity contribution in [1.29, 1.82) is 0 Å². The van der Waals surface area contributed by atoms with Gasteiger partial charge in [-0.25, -0.2) is 9.18 Å². The number of nitrogens with one attached hydrogen (secondary N) is 1. The molecule has 1 aliphatic heterocycles. The van der Waals surface area contributed by atoms with Gasteiger partial charge < -0.3 is 20.4 Å².